The Bertz CT molecular complexity index is 328. The number of nitrogens with one attached hydrogen (secondary N) is 1. The van der Waals surface area contributed by atoms with Crippen LogP contribution in [-0.4, -0.2) is 19.7 Å². The number of hydrogen-bond acceptors (Lipinski definition) is 2. The van der Waals surface area contributed by atoms with Crippen LogP contribution in [0.5, 0.6) is 0 Å². The van der Waals surface area contributed by atoms with E-state index in [-0.39, 0.29) is 22.1 Å². The molecule has 1 aliphatic carbocycles. The van der Waals surface area contributed by atoms with Crippen LogP contribution in [0, 0.1) is 10.8 Å². The predicted molar refractivity (Wildman–Crippen MR) is 67.8 cm³/mol. The van der Waals surface area contributed by atoms with Gasteiger partial charge in [-0.1, -0.05) is 41.5 Å². The summed E-state index contributed by atoms with van der Waals surface area (Å²) in [6, 6.07) is -0.0365. The van der Waals surface area contributed by atoms with Gasteiger partial charge in [-0.2, -0.15) is 0 Å². The summed E-state index contributed by atoms with van der Waals surface area (Å²) in [6.07, 6.45) is 1.63. The molecule has 0 unspecified atom stereocenters. The van der Waals surface area contributed by atoms with E-state index in [4.69, 9.17) is 0 Å². The Hall–Kier alpha value is -0.0900. The molecule has 1 saturated carbocycles. The summed E-state index contributed by atoms with van der Waals surface area (Å²) >= 11 is 0. The molecule has 0 radical (unpaired) electrons. The highest BCUT2D eigenvalue weighted by molar-refractivity contribution is 7.90. The van der Waals surface area contributed by atoms with Gasteiger partial charge in [-0.05, 0) is 23.7 Å². The van der Waals surface area contributed by atoms with E-state index >= 15 is 0 Å². The maximum Gasteiger partial charge on any atom is 0.214 e. The van der Waals surface area contributed by atoms with Crippen LogP contribution >= 0.6 is 0 Å². The van der Waals surface area contributed by atoms with Crippen LogP contribution in [0.4, 0.5) is 0 Å². The first-order chi connectivity index (χ1) is 6.94. The lowest BCUT2D eigenvalue weighted by Crippen LogP contribution is -2.52. The lowest BCUT2D eigenvalue weighted by Gasteiger charge is -2.40. The third kappa shape index (κ3) is 3.45. The molecular formula is C12H25NO2S. The van der Waals surface area contributed by atoms with E-state index < -0.39 is 10.0 Å². The summed E-state index contributed by atoms with van der Waals surface area (Å²) < 4.78 is 26.9. The fourth-order valence-corrected chi connectivity index (χ4v) is 4.28. The smallest absolute Gasteiger partial charge is 0.212 e. The normalized spacial score (nSPS) is 19.2. The van der Waals surface area contributed by atoms with Crippen LogP contribution in [0.3, 0.4) is 0 Å². The Morgan fingerprint density at radius 2 is 1.38 bits per heavy atom. The minimum absolute atomic E-state index is 0.0365. The third-order valence-electron chi connectivity index (χ3n) is 2.98. The molecule has 0 aromatic rings. The van der Waals surface area contributed by atoms with Crippen LogP contribution < -0.4 is 4.72 Å². The number of sulfonamides is 1. The van der Waals surface area contributed by atoms with Crippen molar-refractivity contribution in [3.8, 4) is 0 Å². The van der Waals surface area contributed by atoms with E-state index in [2.05, 4.69) is 46.3 Å². The van der Waals surface area contributed by atoms with Gasteiger partial charge >= 0.3 is 0 Å². The van der Waals surface area contributed by atoms with Crippen LogP contribution in [0.25, 0.3) is 0 Å². The minimum Gasteiger partial charge on any atom is -0.212 e. The largest absolute Gasteiger partial charge is 0.214 e. The molecule has 0 spiro atoms. The molecule has 0 aromatic carbocycles. The molecule has 1 aliphatic rings. The summed E-state index contributed by atoms with van der Waals surface area (Å²) in [4.78, 5) is 0. The number of rotatable bonds is 3. The van der Waals surface area contributed by atoms with Crippen molar-refractivity contribution in [3.63, 3.8) is 0 Å². The third-order valence-corrected chi connectivity index (χ3v) is 4.89. The van der Waals surface area contributed by atoms with Crippen molar-refractivity contribution < 1.29 is 8.42 Å². The lowest BCUT2D eigenvalue weighted by atomic mass is 9.73. The van der Waals surface area contributed by atoms with E-state index in [0.717, 1.165) is 12.8 Å². The number of hydrogen-bond donors (Lipinski definition) is 1. The maximum atomic E-state index is 12.0. The van der Waals surface area contributed by atoms with E-state index in [0.29, 0.717) is 0 Å². The molecule has 16 heavy (non-hydrogen) atoms. The summed E-state index contributed by atoms with van der Waals surface area (Å²) in [5, 5.41) is -0.139. The molecule has 1 N–H and O–H groups in total. The van der Waals surface area contributed by atoms with Gasteiger partial charge in [0.25, 0.3) is 0 Å². The topological polar surface area (TPSA) is 46.2 Å². The van der Waals surface area contributed by atoms with Gasteiger partial charge in [0.2, 0.25) is 10.0 Å². The van der Waals surface area contributed by atoms with Crippen LogP contribution in [0.2, 0.25) is 0 Å². The quantitative estimate of drug-likeness (QED) is 0.833. The van der Waals surface area contributed by atoms with Gasteiger partial charge in [0, 0.05) is 6.04 Å². The van der Waals surface area contributed by atoms with Crippen molar-refractivity contribution in [2.45, 2.75) is 65.7 Å². The highest BCUT2D eigenvalue weighted by Gasteiger charge is 2.42. The molecule has 4 heteroatoms. The average molecular weight is 247 g/mol. The van der Waals surface area contributed by atoms with Crippen molar-refractivity contribution in [1.82, 2.24) is 4.72 Å². The zero-order valence-electron chi connectivity index (χ0n) is 11.3. The van der Waals surface area contributed by atoms with Gasteiger partial charge in [-0.15, -0.1) is 0 Å². The zero-order chi connectivity index (χ0) is 12.8. The summed E-state index contributed by atoms with van der Waals surface area (Å²) in [5.41, 5.74) is -0.138. The minimum atomic E-state index is -3.10. The van der Waals surface area contributed by atoms with Crippen LogP contribution in [0.15, 0.2) is 0 Å². The molecule has 1 rings (SSSR count). The van der Waals surface area contributed by atoms with Gasteiger partial charge in [0.1, 0.15) is 0 Å². The van der Waals surface area contributed by atoms with Crippen LogP contribution in [-0.2, 0) is 10.0 Å². The predicted octanol–water partition coefficient (Wildman–Crippen LogP) is 2.53. The SMILES string of the molecule is CC(C)(C)C(NS(=O)(=O)C1CC1)C(C)(C)C. The van der Waals surface area contributed by atoms with Crippen LogP contribution in [0.1, 0.15) is 54.4 Å². The van der Waals surface area contributed by atoms with Gasteiger partial charge in [-0.25, -0.2) is 13.1 Å². The van der Waals surface area contributed by atoms with Crippen molar-refractivity contribution in [1.29, 1.82) is 0 Å². The van der Waals surface area contributed by atoms with Gasteiger partial charge in [0.15, 0.2) is 0 Å². The molecule has 0 amide bonds. The van der Waals surface area contributed by atoms with E-state index in [1.807, 2.05) is 0 Å². The molecule has 3 nitrogen and oxygen atoms in total. The summed E-state index contributed by atoms with van der Waals surface area (Å²) in [7, 11) is -3.10. The Labute approximate surface area is 100 Å². The second-order valence-electron chi connectivity index (χ2n) is 7.03. The Kier molecular flexibility index (Phi) is 3.48. The van der Waals surface area contributed by atoms with Gasteiger partial charge in [-0.3, -0.25) is 0 Å². The fourth-order valence-electron chi connectivity index (χ4n) is 2.29. The molecule has 96 valence electrons. The van der Waals surface area contributed by atoms with Crippen molar-refractivity contribution >= 4 is 10.0 Å². The first-order valence-electron chi connectivity index (χ1n) is 5.96. The first kappa shape index (κ1) is 14.0. The Balaban J connectivity index is 2.88. The Morgan fingerprint density at radius 1 is 1.00 bits per heavy atom. The van der Waals surface area contributed by atoms with Crippen molar-refractivity contribution in [3.05, 3.63) is 0 Å². The second kappa shape index (κ2) is 3.98. The highest BCUT2D eigenvalue weighted by atomic mass is 32.2. The molecule has 0 heterocycles. The maximum absolute atomic E-state index is 12.0. The first-order valence-corrected chi connectivity index (χ1v) is 7.50. The van der Waals surface area contributed by atoms with E-state index in [1.165, 1.54) is 0 Å². The lowest BCUT2D eigenvalue weighted by molar-refractivity contribution is 0.163. The fraction of sp³-hybridized carbons (Fsp3) is 1.00. The molecular weight excluding hydrogens is 222 g/mol. The summed E-state index contributed by atoms with van der Waals surface area (Å²) in [5.74, 6) is 0. The highest BCUT2D eigenvalue weighted by Crippen LogP contribution is 2.36. The van der Waals surface area contributed by atoms with Gasteiger partial charge in [0.05, 0.1) is 5.25 Å². The van der Waals surface area contributed by atoms with E-state index in [1.54, 1.807) is 0 Å². The van der Waals surface area contributed by atoms with Crippen molar-refractivity contribution in [2.75, 3.05) is 0 Å². The van der Waals surface area contributed by atoms with Gasteiger partial charge < -0.3 is 0 Å². The zero-order valence-corrected chi connectivity index (χ0v) is 12.1. The van der Waals surface area contributed by atoms with E-state index in [9.17, 15) is 8.42 Å². The molecule has 0 atom stereocenters. The molecule has 1 fully saturated rings. The second-order valence-corrected chi connectivity index (χ2v) is 9.02. The summed E-state index contributed by atoms with van der Waals surface area (Å²) in [6.45, 7) is 12.5. The van der Waals surface area contributed by atoms with Crippen molar-refractivity contribution in [2.24, 2.45) is 10.8 Å². The molecule has 0 aromatic heterocycles. The Morgan fingerprint density at radius 3 is 1.62 bits per heavy atom. The monoisotopic (exact) mass is 247 g/mol. The molecule has 0 aliphatic heterocycles. The standard InChI is InChI=1S/C12H25NO2S/c1-11(2,3)10(12(4,5)6)13-16(14,15)9-7-8-9/h9-10,13H,7-8H2,1-6H3. The average Bonchev–Trinajstić information content (AvgIpc) is 2.77. The molecule has 0 bridgehead atoms. The molecule has 0 saturated heterocycles.